The van der Waals surface area contributed by atoms with Crippen LogP contribution in [-0.2, 0) is 22.6 Å². The number of rotatable bonds is 6. The van der Waals surface area contributed by atoms with Crippen LogP contribution >= 0.6 is 35.0 Å². The van der Waals surface area contributed by atoms with E-state index < -0.39 is 17.0 Å². The van der Waals surface area contributed by atoms with E-state index in [0.29, 0.717) is 22.2 Å². The maximum atomic E-state index is 13.6. The van der Waals surface area contributed by atoms with Gasteiger partial charge in [0.25, 0.3) is 5.91 Å². The van der Waals surface area contributed by atoms with E-state index in [1.165, 1.54) is 29.2 Å². The van der Waals surface area contributed by atoms with Crippen molar-refractivity contribution in [2.45, 2.75) is 18.2 Å². The molecule has 0 bridgehead atoms. The molecule has 0 unspecified atom stereocenters. The molecule has 3 aromatic rings. The Kier molecular flexibility index (Phi) is 7.76. The predicted octanol–water partition coefficient (Wildman–Crippen LogP) is 5.88. The average molecular weight is 526 g/mol. The molecule has 1 saturated heterocycles. The van der Waals surface area contributed by atoms with E-state index >= 15 is 0 Å². The third-order valence-corrected chi connectivity index (χ3v) is 7.29. The number of benzene rings is 3. The lowest BCUT2D eigenvalue weighted by molar-refractivity contribution is -0.117. The number of carbonyl (C=O) groups is 2. The van der Waals surface area contributed by atoms with Gasteiger partial charge in [-0.1, -0.05) is 71.4 Å². The van der Waals surface area contributed by atoms with Gasteiger partial charge < -0.3 is 5.32 Å². The molecule has 1 heterocycles. The number of nitrogens with zero attached hydrogens (tertiary/aromatic N) is 2. The molecule has 1 N–H and O–H groups in total. The van der Waals surface area contributed by atoms with Gasteiger partial charge in [0.1, 0.15) is 22.5 Å². The number of anilines is 1. The molecule has 0 aromatic heterocycles. The van der Waals surface area contributed by atoms with E-state index in [1.807, 2.05) is 36.4 Å². The second-order valence-electron chi connectivity index (χ2n) is 7.67. The van der Waals surface area contributed by atoms with Crippen molar-refractivity contribution in [3.05, 3.63) is 110 Å². The van der Waals surface area contributed by atoms with Gasteiger partial charge in [-0.3, -0.25) is 14.5 Å². The number of hydrogen-bond acceptors (Lipinski definition) is 4. The average Bonchev–Trinajstić information content (AvgIpc) is 3.17. The van der Waals surface area contributed by atoms with Crippen LogP contribution in [0.5, 0.6) is 0 Å². The molecule has 176 valence electrons. The number of hydrogen-bond donors (Lipinski definition) is 1. The van der Waals surface area contributed by atoms with Gasteiger partial charge in [0.05, 0.1) is 15.3 Å². The van der Waals surface area contributed by atoms with E-state index in [4.69, 9.17) is 23.2 Å². The Balaban J connectivity index is 1.67. The highest BCUT2D eigenvalue weighted by Gasteiger charge is 2.40. The lowest BCUT2D eigenvalue weighted by Crippen LogP contribution is -2.32. The van der Waals surface area contributed by atoms with Crippen molar-refractivity contribution >= 4 is 52.5 Å². The molecule has 0 saturated carbocycles. The standard InChI is InChI=1S/C26H18Cl2FN3O2S/c27-21-11-6-17(12-22(21)28)13-23-25(34)32(19-9-7-18(29)8-10-19)26(35-23)20(14-30)24(33)31-15-16-4-2-1-3-5-16/h1-12,23H,13,15H2,(H,31,33)/b26-20-/t23-/m1/s1. The summed E-state index contributed by atoms with van der Waals surface area (Å²) in [6, 6.07) is 21.6. The molecule has 5 nitrogen and oxygen atoms in total. The zero-order chi connectivity index (χ0) is 24.9. The largest absolute Gasteiger partial charge is 0.347 e. The molecule has 4 rings (SSSR count). The summed E-state index contributed by atoms with van der Waals surface area (Å²) in [5, 5.41) is 12.9. The molecule has 1 aliphatic heterocycles. The molecule has 3 aromatic carbocycles. The van der Waals surface area contributed by atoms with E-state index in [-0.39, 0.29) is 23.1 Å². The van der Waals surface area contributed by atoms with E-state index in [0.717, 1.165) is 22.9 Å². The Morgan fingerprint density at radius 3 is 2.40 bits per heavy atom. The van der Waals surface area contributed by atoms with Crippen LogP contribution in [0.1, 0.15) is 11.1 Å². The molecular weight excluding hydrogens is 508 g/mol. The van der Waals surface area contributed by atoms with Crippen molar-refractivity contribution in [3.8, 4) is 6.07 Å². The lowest BCUT2D eigenvalue weighted by Gasteiger charge is -2.18. The predicted molar refractivity (Wildman–Crippen MR) is 136 cm³/mol. The van der Waals surface area contributed by atoms with Crippen LogP contribution < -0.4 is 10.2 Å². The summed E-state index contributed by atoms with van der Waals surface area (Å²) in [6.07, 6.45) is 0.298. The normalized spacial score (nSPS) is 16.7. The second kappa shape index (κ2) is 11.0. The summed E-state index contributed by atoms with van der Waals surface area (Å²) in [6.45, 7) is 0.222. The highest BCUT2D eigenvalue weighted by Crippen LogP contribution is 2.42. The first-order chi connectivity index (χ1) is 16.9. The number of amides is 2. The molecule has 1 fully saturated rings. The number of thioether (sulfide) groups is 1. The number of nitrogens with one attached hydrogen (secondary N) is 1. The van der Waals surface area contributed by atoms with Gasteiger partial charge >= 0.3 is 0 Å². The highest BCUT2D eigenvalue weighted by molar-refractivity contribution is 8.05. The van der Waals surface area contributed by atoms with Crippen LogP contribution in [0.25, 0.3) is 0 Å². The molecule has 9 heteroatoms. The third-order valence-electron chi connectivity index (χ3n) is 5.29. The van der Waals surface area contributed by atoms with E-state index in [1.54, 1.807) is 18.2 Å². The first kappa shape index (κ1) is 24.8. The summed E-state index contributed by atoms with van der Waals surface area (Å²) in [5.41, 5.74) is 1.81. The number of carbonyl (C=O) groups excluding carboxylic acids is 2. The van der Waals surface area contributed by atoms with Gasteiger partial charge in [-0.25, -0.2) is 4.39 Å². The Hall–Kier alpha value is -3.31. The smallest absolute Gasteiger partial charge is 0.264 e. The fourth-order valence-electron chi connectivity index (χ4n) is 3.56. The van der Waals surface area contributed by atoms with Crippen molar-refractivity contribution < 1.29 is 14.0 Å². The second-order valence-corrected chi connectivity index (χ2v) is 9.68. The van der Waals surface area contributed by atoms with Gasteiger partial charge in [0, 0.05) is 12.2 Å². The Bertz CT molecular complexity index is 1340. The van der Waals surface area contributed by atoms with Crippen molar-refractivity contribution in [2.24, 2.45) is 0 Å². The fourth-order valence-corrected chi connectivity index (χ4v) is 5.19. The first-order valence-corrected chi connectivity index (χ1v) is 12.2. The van der Waals surface area contributed by atoms with Crippen molar-refractivity contribution in [1.29, 1.82) is 5.26 Å². The van der Waals surface area contributed by atoms with Crippen molar-refractivity contribution in [1.82, 2.24) is 5.32 Å². The summed E-state index contributed by atoms with van der Waals surface area (Å²) in [4.78, 5) is 27.7. The molecule has 2 amide bonds. The minimum Gasteiger partial charge on any atom is -0.347 e. The maximum absolute atomic E-state index is 13.6. The van der Waals surface area contributed by atoms with Gasteiger partial charge in [-0.2, -0.15) is 5.26 Å². The topological polar surface area (TPSA) is 73.2 Å². The van der Waals surface area contributed by atoms with Crippen LogP contribution in [0.3, 0.4) is 0 Å². The Morgan fingerprint density at radius 2 is 1.74 bits per heavy atom. The van der Waals surface area contributed by atoms with E-state index in [2.05, 4.69) is 5.32 Å². The van der Waals surface area contributed by atoms with Crippen LogP contribution in [0.2, 0.25) is 10.0 Å². The Labute approximate surface area is 216 Å². The minimum atomic E-state index is -0.627. The Morgan fingerprint density at radius 1 is 1.03 bits per heavy atom. The summed E-state index contributed by atoms with van der Waals surface area (Å²) in [5.74, 6) is -1.40. The highest BCUT2D eigenvalue weighted by atomic mass is 35.5. The maximum Gasteiger partial charge on any atom is 0.264 e. The first-order valence-electron chi connectivity index (χ1n) is 10.5. The van der Waals surface area contributed by atoms with Crippen LogP contribution in [0.15, 0.2) is 83.4 Å². The molecule has 1 atom stereocenters. The zero-order valence-electron chi connectivity index (χ0n) is 18.2. The van der Waals surface area contributed by atoms with Gasteiger partial charge in [0.15, 0.2) is 0 Å². The minimum absolute atomic E-state index is 0.194. The molecule has 0 radical (unpaired) electrons. The fraction of sp³-hybridized carbons (Fsp3) is 0.115. The molecule has 0 aliphatic carbocycles. The van der Waals surface area contributed by atoms with E-state index in [9.17, 15) is 19.2 Å². The zero-order valence-corrected chi connectivity index (χ0v) is 20.5. The van der Waals surface area contributed by atoms with Gasteiger partial charge in [-0.15, -0.1) is 0 Å². The third kappa shape index (κ3) is 5.68. The summed E-state index contributed by atoms with van der Waals surface area (Å²) < 4.78 is 13.6. The summed E-state index contributed by atoms with van der Waals surface area (Å²) >= 11 is 13.2. The van der Waals surface area contributed by atoms with Crippen LogP contribution in [-0.4, -0.2) is 17.1 Å². The van der Waals surface area contributed by atoms with Crippen molar-refractivity contribution in [2.75, 3.05) is 4.90 Å². The lowest BCUT2D eigenvalue weighted by atomic mass is 10.1. The van der Waals surface area contributed by atoms with Crippen LogP contribution in [0.4, 0.5) is 10.1 Å². The molecule has 0 spiro atoms. The van der Waals surface area contributed by atoms with Crippen LogP contribution in [0, 0.1) is 17.1 Å². The van der Waals surface area contributed by atoms with Gasteiger partial charge in [-0.05, 0) is 53.9 Å². The summed E-state index contributed by atoms with van der Waals surface area (Å²) in [7, 11) is 0. The molecule has 1 aliphatic rings. The number of nitriles is 1. The van der Waals surface area contributed by atoms with Gasteiger partial charge in [0.2, 0.25) is 5.91 Å². The van der Waals surface area contributed by atoms with Crippen molar-refractivity contribution in [3.63, 3.8) is 0 Å². The number of halogens is 3. The SMILES string of the molecule is N#C/C(C(=O)NCc1ccccc1)=C1/S[C@H](Cc2ccc(Cl)c(Cl)c2)C(=O)N1c1ccc(F)cc1. The molecule has 35 heavy (non-hydrogen) atoms. The molecular formula is C26H18Cl2FN3O2S. The monoisotopic (exact) mass is 525 g/mol. The quantitative estimate of drug-likeness (QED) is 0.322.